The monoisotopic (exact) mass is 436 g/mol. The first kappa shape index (κ1) is 31.9. The topological polar surface area (TPSA) is 180 Å². The molecule has 0 atom stereocenters. The van der Waals surface area contributed by atoms with Gasteiger partial charge in [-0.2, -0.15) is 0 Å². The Morgan fingerprint density at radius 3 is 1.00 bits per heavy atom. The van der Waals surface area contributed by atoms with Crippen LogP contribution in [0.1, 0.15) is 64.2 Å². The van der Waals surface area contributed by atoms with Gasteiger partial charge in [0, 0.05) is 12.8 Å². The molecule has 0 bridgehead atoms. The van der Waals surface area contributed by atoms with Gasteiger partial charge in [-0.05, 0) is 12.8 Å². The third kappa shape index (κ3) is 16.2. The van der Waals surface area contributed by atoms with Gasteiger partial charge in [0.1, 0.15) is 0 Å². The van der Waals surface area contributed by atoms with Crippen molar-refractivity contribution < 1.29 is 39.1 Å². The fourth-order valence-corrected chi connectivity index (χ4v) is 3.27. The minimum atomic E-state index is -4.46. The Morgan fingerprint density at radius 2 is 0.808 bits per heavy atom. The van der Waals surface area contributed by atoms with Gasteiger partial charge >= 0.3 is 74.3 Å². The van der Waals surface area contributed by atoms with Gasteiger partial charge in [-0.15, -0.1) is 0 Å². The maximum absolute atomic E-state index is 10.9. The summed E-state index contributed by atoms with van der Waals surface area (Å²) >= 11 is 0. The summed E-state index contributed by atoms with van der Waals surface area (Å²) in [5, 5.41) is 22.3. The zero-order chi connectivity index (χ0) is 18.6. The molecule has 10 nitrogen and oxygen atoms in total. The zero-order valence-corrected chi connectivity index (χ0v) is 15.1. The van der Waals surface area contributed by atoms with Crippen molar-refractivity contribution in [3.05, 3.63) is 0 Å². The summed E-state index contributed by atoms with van der Waals surface area (Å²) in [4.78, 5) is 35.4. The Bertz CT molecular complexity index is 475. The first-order valence-corrected chi connectivity index (χ1v) is 10.9. The summed E-state index contributed by atoms with van der Waals surface area (Å²) in [5.74, 6) is 0. The van der Waals surface area contributed by atoms with E-state index in [1.807, 2.05) is 0 Å². The molecule has 146 valence electrons. The van der Waals surface area contributed by atoms with Gasteiger partial charge in [0.05, 0.1) is 0 Å². The summed E-state index contributed by atoms with van der Waals surface area (Å²) in [5.41, 5.74) is -0.984. The second-order valence-corrected chi connectivity index (χ2v) is 8.66. The first-order chi connectivity index (χ1) is 11.1. The van der Waals surface area contributed by atoms with Crippen LogP contribution in [0.25, 0.3) is 0 Å². The molecule has 0 rings (SSSR count). The molecular formula is C12H28N2Na2O8P2. The number of nitrogens with zero attached hydrogens (tertiary/aromatic N) is 2. The molecule has 0 aromatic heterocycles. The first-order valence-electron chi connectivity index (χ1n) is 7.67. The van der Waals surface area contributed by atoms with Crippen LogP contribution in [0.15, 0.2) is 10.3 Å². The zero-order valence-electron chi connectivity index (χ0n) is 13.4. The standard InChI is InChI=1S/C12H26N2O8P2.2Na.2H/c15-13-11(23(17,18)19)9-7-5-3-1-2-4-6-8-10-12(14-16)24(20,21)22;;;;/h15-16H,1-10H2,(H2,17,18,19)(H2,20,21,22);;;;/b13-11-,14-12-;;;;. The summed E-state index contributed by atoms with van der Waals surface area (Å²) in [6.45, 7) is 0. The van der Waals surface area contributed by atoms with E-state index in [1.54, 1.807) is 0 Å². The molecule has 0 aromatic carbocycles. The summed E-state index contributed by atoms with van der Waals surface area (Å²) in [6.07, 6.45) is 6.33. The molecule has 0 heterocycles. The van der Waals surface area contributed by atoms with E-state index in [0.29, 0.717) is 12.8 Å². The summed E-state index contributed by atoms with van der Waals surface area (Å²) < 4.78 is 21.8. The molecule has 0 aliphatic heterocycles. The van der Waals surface area contributed by atoms with E-state index in [4.69, 9.17) is 30.0 Å². The van der Waals surface area contributed by atoms with Gasteiger partial charge in [-0.25, -0.2) is 0 Å². The van der Waals surface area contributed by atoms with Crippen molar-refractivity contribution in [1.29, 1.82) is 0 Å². The van der Waals surface area contributed by atoms with Crippen LogP contribution in [0.5, 0.6) is 0 Å². The van der Waals surface area contributed by atoms with Crippen molar-refractivity contribution in [2.45, 2.75) is 64.2 Å². The Kier molecular flexibility index (Phi) is 21.0. The molecule has 0 saturated carbocycles. The molecule has 0 unspecified atom stereocenters. The summed E-state index contributed by atoms with van der Waals surface area (Å²) in [7, 11) is -8.91. The predicted molar refractivity (Wildman–Crippen MR) is 103 cm³/mol. The Labute approximate surface area is 197 Å². The van der Waals surface area contributed by atoms with Gasteiger partial charge in [0.25, 0.3) is 0 Å². The van der Waals surface area contributed by atoms with Crippen LogP contribution < -0.4 is 0 Å². The van der Waals surface area contributed by atoms with E-state index in [-0.39, 0.29) is 72.0 Å². The van der Waals surface area contributed by atoms with Gasteiger partial charge in [0.2, 0.25) is 0 Å². The van der Waals surface area contributed by atoms with Crippen molar-refractivity contribution in [2.75, 3.05) is 0 Å². The molecule has 0 aliphatic carbocycles. The number of hydrogen-bond acceptors (Lipinski definition) is 6. The third-order valence-corrected chi connectivity index (χ3v) is 5.43. The molecule has 0 fully saturated rings. The minimum absolute atomic E-state index is 0. The van der Waals surface area contributed by atoms with Crippen molar-refractivity contribution in [3.8, 4) is 0 Å². The van der Waals surface area contributed by atoms with Crippen LogP contribution in [-0.4, -0.2) is 100 Å². The van der Waals surface area contributed by atoms with Crippen molar-refractivity contribution in [2.24, 2.45) is 10.3 Å². The predicted octanol–water partition coefficient (Wildman–Crippen LogP) is 1.52. The molecular weight excluding hydrogens is 408 g/mol. The van der Waals surface area contributed by atoms with E-state index in [1.165, 1.54) is 0 Å². The number of rotatable bonds is 13. The average molecular weight is 436 g/mol. The van der Waals surface area contributed by atoms with E-state index < -0.39 is 26.1 Å². The normalized spacial score (nSPS) is 13.1. The van der Waals surface area contributed by atoms with Crippen molar-refractivity contribution in [3.63, 3.8) is 0 Å². The summed E-state index contributed by atoms with van der Waals surface area (Å²) in [6, 6.07) is 0. The van der Waals surface area contributed by atoms with Crippen molar-refractivity contribution >= 4 is 85.2 Å². The number of hydrogen-bond donors (Lipinski definition) is 6. The van der Waals surface area contributed by atoms with Crippen LogP contribution in [0.3, 0.4) is 0 Å². The fourth-order valence-electron chi connectivity index (χ4n) is 2.13. The van der Waals surface area contributed by atoms with Crippen LogP contribution in [0.4, 0.5) is 0 Å². The van der Waals surface area contributed by atoms with Crippen molar-refractivity contribution in [1.82, 2.24) is 0 Å². The Morgan fingerprint density at radius 1 is 0.577 bits per heavy atom. The Balaban J connectivity index is -0.00000264. The van der Waals surface area contributed by atoms with E-state index >= 15 is 0 Å². The molecule has 14 heteroatoms. The molecule has 0 amide bonds. The molecule has 0 aliphatic rings. The van der Waals surface area contributed by atoms with Crippen LogP contribution in [0.2, 0.25) is 0 Å². The number of oxime groups is 2. The van der Waals surface area contributed by atoms with Gasteiger partial charge in [-0.3, -0.25) is 9.13 Å². The quantitative estimate of drug-likeness (QED) is 0.0628. The molecule has 0 saturated heterocycles. The Hall–Kier alpha value is 1.24. The van der Waals surface area contributed by atoms with E-state index in [9.17, 15) is 9.13 Å². The number of unbranched alkanes of at least 4 members (excludes halogenated alkanes) is 7. The SMILES string of the molecule is O=P(O)(O)/C(CCCCCCCCCC/C(=N/O)P(=O)(O)O)=N\O.[NaH].[NaH]. The van der Waals surface area contributed by atoms with E-state index in [0.717, 1.165) is 38.5 Å². The van der Waals surface area contributed by atoms with Gasteiger partial charge in [0.15, 0.2) is 10.9 Å². The second kappa shape index (κ2) is 17.1. The molecule has 0 spiro atoms. The van der Waals surface area contributed by atoms with Crippen LogP contribution >= 0.6 is 15.2 Å². The van der Waals surface area contributed by atoms with Gasteiger partial charge < -0.3 is 30.0 Å². The molecule has 0 aromatic rings. The average Bonchev–Trinajstić information content (AvgIpc) is 2.46. The molecule has 6 N–H and O–H groups in total. The van der Waals surface area contributed by atoms with Crippen LogP contribution in [-0.2, 0) is 9.13 Å². The second-order valence-electron chi connectivity index (χ2n) is 5.45. The third-order valence-electron chi connectivity index (χ3n) is 3.45. The van der Waals surface area contributed by atoms with E-state index in [2.05, 4.69) is 10.3 Å². The van der Waals surface area contributed by atoms with Gasteiger partial charge in [-0.1, -0.05) is 48.8 Å². The fraction of sp³-hybridized carbons (Fsp3) is 0.833. The molecule has 0 radical (unpaired) electrons. The maximum atomic E-state index is 10.9. The molecule has 26 heavy (non-hydrogen) atoms. The van der Waals surface area contributed by atoms with Crippen LogP contribution in [0, 0.1) is 0 Å².